The number of halogens is 1. The Bertz CT molecular complexity index is 514. The van der Waals surface area contributed by atoms with Crippen LogP contribution < -0.4 is 15.2 Å². The Morgan fingerprint density at radius 3 is 2.57 bits per heavy atom. The third-order valence-corrected chi connectivity index (χ3v) is 3.43. The molecule has 1 aromatic carbocycles. The lowest BCUT2D eigenvalue weighted by Gasteiger charge is -2.30. The van der Waals surface area contributed by atoms with Gasteiger partial charge in [0, 0.05) is 13.6 Å². The molecule has 118 valence electrons. The molecule has 1 amide bonds. The molecule has 0 aromatic heterocycles. The highest BCUT2D eigenvalue weighted by Crippen LogP contribution is 2.32. The molecule has 0 saturated heterocycles. The Morgan fingerprint density at radius 2 is 1.95 bits per heavy atom. The van der Waals surface area contributed by atoms with Crippen LogP contribution >= 0.6 is 12.4 Å². The molecule has 1 aliphatic rings. The van der Waals surface area contributed by atoms with Crippen LogP contribution in [0.5, 0.6) is 11.5 Å². The fourth-order valence-corrected chi connectivity index (χ4v) is 2.00. The van der Waals surface area contributed by atoms with Crippen LogP contribution in [0.1, 0.15) is 26.3 Å². The lowest BCUT2D eigenvalue weighted by Crippen LogP contribution is -2.48. The molecule has 0 bridgehead atoms. The van der Waals surface area contributed by atoms with Crippen LogP contribution in [0.3, 0.4) is 0 Å². The van der Waals surface area contributed by atoms with Crippen LogP contribution in [-0.2, 0) is 11.3 Å². The van der Waals surface area contributed by atoms with E-state index in [0.717, 1.165) is 17.1 Å². The summed E-state index contributed by atoms with van der Waals surface area (Å²) in [5.74, 6) is 1.41. The van der Waals surface area contributed by atoms with E-state index in [9.17, 15) is 4.79 Å². The number of nitrogens with zero attached hydrogens (tertiary/aromatic N) is 1. The minimum absolute atomic E-state index is 0. The van der Waals surface area contributed by atoms with Crippen molar-refractivity contribution < 1.29 is 14.3 Å². The molecule has 1 atom stereocenters. The van der Waals surface area contributed by atoms with Crippen molar-refractivity contribution >= 4 is 18.3 Å². The fourth-order valence-electron chi connectivity index (χ4n) is 2.00. The van der Waals surface area contributed by atoms with E-state index in [4.69, 9.17) is 15.2 Å². The monoisotopic (exact) mass is 314 g/mol. The zero-order valence-corrected chi connectivity index (χ0v) is 13.7. The Balaban J connectivity index is 0.00000220. The number of rotatable bonds is 3. The number of ether oxygens (including phenoxy) is 2. The summed E-state index contributed by atoms with van der Waals surface area (Å²) in [6.45, 7) is 6.64. The normalized spacial score (nSPS) is 14.3. The van der Waals surface area contributed by atoms with Gasteiger partial charge in [0.05, 0.1) is 6.04 Å². The van der Waals surface area contributed by atoms with Crippen molar-refractivity contribution in [2.75, 3.05) is 13.8 Å². The van der Waals surface area contributed by atoms with Crippen LogP contribution in [0.4, 0.5) is 0 Å². The van der Waals surface area contributed by atoms with Crippen LogP contribution in [-0.4, -0.2) is 30.7 Å². The minimum Gasteiger partial charge on any atom is -0.454 e. The molecular weight excluding hydrogens is 292 g/mol. The Kier molecular flexibility index (Phi) is 5.48. The maximum absolute atomic E-state index is 12.3. The van der Waals surface area contributed by atoms with Gasteiger partial charge in [0.25, 0.3) is 0 Å². The first-order chi connectivity index (χ1) is 9.29. The zero-order chi connectivity index (χ0) is 14.9. The molecule has 0 spiro atoms. The average molecular weight is 315 g/mol. The van der Waals surface area contributed by atoms with Gasteiger partial charge in [-0.1, -0.05) is 26.8 Å². The largest absolute Gasteiger partial charge is 0.454 e. The van der Waals surface area contributed by atoms with Gasteiger partial charge in [-0.25, -0.2) is 0 Å². The molecule has 1 heterocycles. The number of amides is 1. The number of fused-ring (bicyclic) bond motifs is 1. The number of likely N-dealkylation sites (N-methyl/N-ethyl adjacent to an activating group) is 1. The second-order valence-corrected chi connectivity index (χ2v) is 6.23. The first kappa shape index (κ1) is 17.6. The summed E-state index contributed by atoms with van der Waals surface area (Å²) < 4.78 is 10.6. The summed E-state index contributed by atoms with van der Waals surface area (Å²) >= 11 is 0. The SMILES string of the molecule is CN(Cc1ccc2c(c1)OCO2)C(=O)C(N)C(C)(C)C.Cl. The van der Waals surface area contributed by atoms with E-state index in [-0.39, 0.29) is 30.5 Å². The molecule has 5 nitrogen and oxygen atoms in total. The van der Waals surface area contributed by atoms with Gasteiger partial charge >= 0.3 is 0 Å². The highest BCUT2D eigenvalue weighted by molar-refractivity contribution is 5.85. The lowest BCUT2D eigenvalue weighted by atomic mass is 9.86. The van der Waals surface area contributed by atoms with Gasteiger partial charge in [-0.05, 0) is 23.1 Å². The summed E-state index contributed by atoms with van der Waals surface area (Å²) in [6.07, 6.45) is 0. The van der Waals surface area contributed by atoms with Crippen molar-refractivity contribution in [3.8, 4) is 11.5 Å². The first-order valence-electron chi connectivity index (χ1n) is 6.68. The van der Waals surface area contributed by atoms with Crippen molar-refractivity contribution in [2.24, 2.45) is 11.1 Å². The summed E-state index contributed by atoms with van der Waals surface area (Å²) in [4.78, 5) is 13.9. The maximum atomic E-state index is 12.3. The summed E-state index contributed by atoms with van der Waals surface area (Å²) in [7, 11) is 1.76. The quantitative estimate of drug-likeness (QED) is 0.928. The number of hydrogen-bond donors (Lipinski definition) is 1. The standard InChI is InChI=1S/C15H22N2O3.ClH/c1-15(2,3)13(16)14(18)17(4)8-10-5-6-11-12(7-10)20-9-19-11;/h5-7,13H,8-9,16H2,1-4H3;1H. The van der Waals surface area contributed by atoms with Crippen molar-refractivity contribution in [1.29, 1.82) is 0 Å². The highest BCUT2D eigenvalue weighted by Gasteiger charge is 2.29. The average Bonchev–Trinajstić information content (AvgIpc) is 2.83. The summed E-state index contributed by atoms with van der Waals surface area (Å²) in [5.41, 5.74) is 6.75. The van der Waals surface area contributed by atoms with Crippen molar-refractivity contribution in [3.63, 3.8) is 0 Å². The van der Waals surface area contributed by atoms with E-state index in [0.29, 0.717) is 6.54 Å². The van der Waals surface area contributed by atoms with Crippen LogP contribution in [0.25, 0.3) is 0 Å². The predicted molar refractivity (Wildman–Crippen MR) is 83.7 cm³/mol. The molecule has 1 aliphatic heterocycles. The number of carbonyl (C=O) groups is 1. The van der Waals surface area contributed by atoms with Crippen molar-refractivity contribution in [3.05, 3.63) is 23.8 Å². The predicted octanol–water partition coefficient (Wildman–Crippen LogP) is 2.17. The van der Waals surface area contributed by atoms with Crippen molar-refractivity contribution in [1.82, 2.24) is 4.90 Å². The van der Waals surface area contributed by atoms with E-state index in [2.05, 4.69) is 0 Å². The van der Waals surface area contributed by atoms with E-state index < -0.39 is 6.04 Å². The highest BCUT2D eigenvalue weighted by atomic mass is 35.5. The van der Waals surface area contributed by atoms with Crippen LogP contribution in [0.2, 0.25) is 0 Å². The Labute approximate surface area is 131 Å². The molecule has 0 saturated carbocycles. The Morgan fingerprint density at radius 1 is 1.33 bits per heavy atom. The second-order valence-electron chi connectivity index (χ2n) is 6.23. The van der Waals surface area contributed by atoms with Crippen molar-refractivity contribution in [2.45, 2.75) is 33.4 Å². The van der Waals surface area contributed by atoms with Crippen LogP contribution in [0, 0.1) is 5.41 Å². The third kappa shape index (κ3) is 4.02. The van der Waals surface area contributed by atoms with E-state index in [1.54, 1.807) is 11.9 Å². The van der Waals surface area contributed by atoms with Gasteiger partial charge < -0.3 is 20.1 Å². The topological polar surface area (TPSA) is 64.8 Å². The second kappa shape index (κ2) is 6.54. The van der Waals surface area contributed by atoms with Gasteiger partial charge in [-0.2, -0.15) is 0 Å². The number of carbonyl (C=O) groups excluding carboxylic acids is 1. The first-order valence-corrected chi connectivity index (χ1v) is 6.68. The molecule has 1 unspecified atom stereocenters. The molecule has 0 aliphatic carbocycles. The zero-order valence-electron chi connectivity index (χ0n) is 12.9. The Hall–Kier alpha value is -1.46. The molecule has 1 aromatic rings. The molecule has 6 heteroatoms. The number of nitrogens with two attached hydrogens (primary N) is 1. The van der Waals surface area contributed by atoms with Gasteiger partial charge in [-0.15, -0.1) is 12.4 Å². The maximum Gasteiger partial charge on any atom is 0.240 e. The van der Waals surface area contributed by atoms with E-state index >= 15 is 0 Å². The molecule has 0 radical (unpaired) electrons. The molecule has 2 N–H and O–H groups in total. The minimum atomic E-state index is -0.512. The van der Waals surface area contributed by atoms with E-state index in [1.807, 2.05) is 39.0 Å². The lowest BCUT2D eigenvalue weighted by molar-refractivity contribution is -0.134. The van der Waals surface area contributed by atoms with Gasteiger partial charge in [-0.3, -0.25) is 4.79 Å². The van der Waals surface area contributed by atoms with Gasteiger partial charge in [0.1, 0.15) is 0 Å². The fraction of sp³-hybridized carbons (Fsp3) is 0.533. The van der Waals surface area contributed by atoms with E-state index in [1.165, 1.54) is 0 Å². The third-order valence-electron chi connectivity index (χ3n) is 3.43. The summed E-state index contributed by atoms with van der Waals surface area (Å²) in [5, 5.41) is 0. The number of hydrogen-bond acceptors (Lipinski definition) is 4. The van der Waals surface area contributed by atoms with Gasteiger partial charge in [0.2, 0.25) is 12.7 Å². The molecule has 0 fully saturated rings. The van der Waals surface area contributed by atoms with Crippen LogP contribution in [0.15, 0.2) is 18.2 Å². The molecule has 21 heavy (non-hydrogen) atoms. The molecule has 2 rings (SSSR count). The number of benzene rings is 1. The smallest absolute Gasteiger partial charge is 0.240 e. The molecular formula is C15H23ClN2O3. The summed E-state index contributed by atoms with van der Waals surface area (Å²) in [6, 6.07) is 5.18. The van der Waals surface area contributed by atoms with Gasteiger partial charge in [0.15, 0.2) is 11.5 Å².